The fourth-order valence-corrected chi connectivity index (χ4v) is 1.94. The quantitative estimate of drug-likeness (QED) is 0.692. The van der Waals surface area contributed by atoms with Crippen LogP contribution in [0.5, 0.6) is 0 Å². The van der Waals surface area contributed by atoms with Gasteiger partial charge in [0.1, 0.15) is 11.3 Å². The number of aromatic nitrogens is 4. The second-order valence-corrected chi connectivity index (χ2v) is 4.18. The van der Waals surface area contributed by atoms with Crippen LogP contribution in [0.15, 0.2) is 36.7 Å². The summed E-state index contributed by atoms with van der Waals surface area (Å²) in [5.74, 6) is -0.219. The van der Waals surface area contributed by atoms with Crippen LogP contribution in [0.3, 0.4) is 0 Å². The Morgan fingerprint density at radius 2 is 2.17 bits per heavy atom. The minimum atomic E-state index is -0.219. The van der Waals surface area contributed by atoms with Crippen LogP contribution in [-0.2, 0) is 6.54 Å². The van der Waals surface area contributed by atoms with Gasteiger partial charge in [0.2, 0.25) is 0 Å². The molecule has 0 atom stereocenters. The van der Waals surface area contributed by atoms with Gasteiger partial charge in [-0.3, -0.25) is 4.98 Å². The van der Waals surface area contributed by atoms with Crippen molar-refractivity contribution in [2.75, 3.05) is 0 Å². The van der Waals surface area contributed by atoms with E-state index >= 15 is 0 Å². The molecule has 0 N–H and O–H groups in total. The molecule has 0 fully saturated rings. The first kappa shape index (κ1) is 10.8. The Labute approximate surface area is 103 Å². The minimum absolute atomic E-state index is 0.219. The van der Waals surface area contributed by atoms with E-state index in [1.54, 1.807) is 23.1 Å². The van der Waals surface area contributed by atoms with Crippen molar-refractivity contribution in [3.8, 4) is 0 Å². The van der Waals surface area contributed by atoms with Crippen molar-refractivity contribution in [1.82, 2.24) is 20.0 Å². The van der Waals surface area contributed by atoms with E-state index in [2.05, 4.69) is 15.3 Å². The zero-order valence-electron chi connectivity index (χ0n) is 9.84. The van der Waals surface area contributed by atoms with E-state index in [0.29, 0.717) is 6.54 Å². The van der Waals surface area contributed by atoms with Gasteiger partial charge in [-0.05, 0) is 36.2 Å². The summed E-state index contributed by atoms with van der Waals surface area (Å²) in [6.07, 6.45) is 3.38. The van der Waals surface area contributed by atoms with Gasteiger partial charge in [-0.25, -0.2) is 9.07 Å². The van der Waals surface area contributed by atoms with Gasteiger partial charge in [0.25, 0.3) is 0 Å². The van der Waals surface area contributed by atoms with E-state index in [4.69, 9.17) is 0 Å². The number of benzene rings is 1. The Hall–Kier alpha value is -2.30. The first-order valence-corrected chi connectivity index (χ1v) is 5.62. The maximum absolute atomic E-state index is 13.0. The second kappa shape index (κ2) is 4.18. The summed E-state index contributed by atoms with van der Waals surface area (Å²) in [5.41, 5.74) is 3.62. The summed E-state index contributed by atoms with van der Waals surface area (Å²) in [4.78, 5) is 4.00. The lowest BCUT2D eigenvalue weighted by atomic mass is 10.1. The van der Waals surface area contributed by atoms with Crippen molar-refractivity contribution in [3.63, 3.8) is 0 Å². The molecule has 3 rings (SSSR count). The maximum atomic E-state index is 13.0. The fraction of sp³-hybridized carbons (Fsp3) is 0.154. The number of fused-ring (bicyclic) bond motifs is 1. The molecule has 0 radical (unpaired) electrons. The molecule has 5 heteroatoms. The van der Waals surface area contributed by atoms with Gasteiger partial charge in [0.15, 0.2) is 0 Å². The van der Waals surface area contributed by atoms with E-state index in [0.717, 1.165) is 22.2 Å². The third-order valence-corrected chi connectivity index (χ3v) is 2.94. The second-order valence-electron chi connectivity index (χ2n) is 4.18. The van der Waals surface area contributed by atoms with Gasteiger partial charge < -0.3 is 0 Å². The Balaban J connectivity index is 2.01. The van der Waals surface area contributed by atoms with Crippen molar-refractivity contribution in [2.45, 2.75) is 13.5 Å². The predicted octanol–water partition coefficient (Wildman–Crippen LogP) is 2.32. The van der Waals surface area contributed by atoms with Crippen LogP contribution >= 0.6 is 0 Å². The van der Waals surface area contributed by atoms with E-state index in [1.165, 1.54) is 12.1 Å². The Morgan fingerprint density at radius 1 is 1.28 bits per heavy atom. The zero-order chi connectivity index (χ0) is 12.5. The van der Waals surface area contributed by atoms with Crippen molar-refractivity contribution in [2.24, 2.45) is 0 Å². The molecule has 0 spiro atoms. The molecule has 0 unspecified atom stereocenters. The van der Waals surface area contributed by atoms with Crippen LogP contribution in [0.4, 0.5) is 4.39 Å². The van der Waals surface area contributed by atoms with Crippen LogP contribution in [-0.4, -0.2) is 20.0 Å². The smallest absolute Gasteiger partial charge is 0.131 e. The van der Waals surface area contributed by atoms with E-state index < -0.39 is 0 Å². The predicted molar refractivity (Wildman–Crippen MR) is 65.6 cm³/mol. The highest BCUT2D eigenvalue weighted by Crippen LogP contribution is 2.14. The Kier molecular flexibility index (Phi) is 2.51. The maximum Gasteiger partial charge on any atom is 0.131 e. The SMILES string of the molecule is Cc1cc(F)ccc1Cn1nnc2cnccc21. The number of pyridine rings is 1. The van der Waals surface area contributed by atoms with Crippen molar-refractivity contribution >= 4 is 11.0 Å². The molecular weight excluding hydrogens is 231 g/mol. The molecule has 18 heavy (non-hydrogen) atoms. The number of aryl methyl sites for hydroxylation is 1. The highest BCUT2D eigenvalue weighted by molar-refractivity contribution is 5.72. The largest absolute Gasteiger partial charge is 0.262 e. The number of nitrogens with zero attached hydrogens (tertiary/aromatic N) is 4. The highest BCUT2D eigenvalue weighted by Gasteiger charge is 2.06. The molecule has 1 aromatic carbocycles. The molecule has 90 valence electrons. The molecule has 0 saturated heterocycles. The van der Waals surface area contributed by atoms with Gasteiger partial charge in [-0.15, -0.1) is 5.10 Å². The van der Waals surface area contributed by atoms with Gasteiger partial charge in [-0.2, -0.15) is 0 Å². The summed E-state index contributed by atoms with van der Waals surface area (Å²) in [6, 6.07) is 6.63. The number of halogens is 1. The molecule has 3 aromatic rings. The normalized spacial score (nSPS) is 11.0. The molecule has 2 aromatic heterocycles. The molecule has 0 aliphatic carbocycles. The lowest BCUT2D eigenvalue weighted by Gasteiger charge is -2.06. The molecule has 0 aliphatic rings. The molecule has 0 saturated carbocycles. The average Bonchev–Trinajstić information content (AvgIpc) is 2.76. The van der Waals surface area contributed by atoms with Crippen LogP contribution in [0.1, 0.15) is 11.1 Å². The average molecular weight is 242 g/mol. The van der Waals surface area contributed by atoms with Crippen molar-refractivity contribution in [1.29, 1.82) is 0 Å². The first-order chi connectivity index (χ1) is 8.74. The molecular formula is C13H11FN4. The van der Waals surface area contributed by atoms with Gasteiger partial charge in [0, 0.05) is 6.20 Å². The topological polar surface area (TPSA) is 43.6 Å². The van der Waals surface area contributed by atoms with Crippen LogP contribution in [0.25, 0.3) is 11.0 Å². The van der Waals surface area contributed by atoms with Gasteiger partial charge in [-0.1, -0.05) is 11.3 Å². The van der Waals surface area contributed by atoms with E-state index in [9.17, 15) is 4.39 Å². The summed E-state index contributed by atoms with van der Waals surface area (Å²) in [7, 11) is 0. The molecule has 0 aliphatic heterocycles. The molecule has 0 bridgehead atoms. The first-order valence-electron chi connectivity index (χ1n) is 5.62. The highest BCUT2D eigenvalue weighted by atomic mass is 19.1. The summed E-state index contributed by atoms with van der Waals surface area (Å²) in [5, 5.41) is 8.13. The Bertz CT molecular complexity index is 705. The monoisotopic (exact) mass is 242 g/mol. The van der Waals surface area contributed by atoms with Crippen molar-refractivity contribution in [3.05, 3.63) is 53.6 Å². The fourth-order valence-electron chi connectivity index (χ4n) is 1.94. The Morgan fingerprint density at radius 3 is 3.00 bits per heavy atom. The van der Waals surface area contributed by atoms with Crippen LogP contribution in [0.2, 0.25) is 0 Å². The lowest BCUT2D eigenvalue weighted by molar-refractivity contribution is 0.621. The molecule has 0 amide bonds. The van der Waals surface area contributed by atoms with E-state index in [-0.39, 0.29) is 5.82 Å². The standard InChI is InChI=1S/C13H11FN4/c1-9-6-11(14)3-2-10(9)8-18-13-4-5-15-7-12(13)16-17-18/h2-7H,8H2,1H3. The molecule has 4 nitrogen and oxygen atoms in total. The lowest BCUT2D eigenvalue weighted by Crippen LogP contribution is -2.03. The van der Waals surface area contributed by atoms with Gasteiger partial charge >= 0.3 is 0 Å². The van der Waals surface area contributed by atoms with E-state index in [1.807, 2.05) is 13.0 Å². The van der Waals surface area contributed by atoms with Crippen LogP contribution < -0.4 is 0 Å². The van der Waals surface area contributed by atoms with Crippen molar-refractivity contribution < 1.29 is 4.39 Å². The molecule has 2 heterocycles. The zero-order valence-corrected chi connectivity index (χ0v) is 9.84. The summed E-state index contributed by atoms with van der Waals surface area (Å²) >= 11 is 0. The number of hydrogen-bond donors (Lipinski definition) is 0. The summed E-state index contributed by atoms with van der Waals surface area (Å²) < 4.78 is 14.8. The van der Waals surface area contributed by atoms with Crippen LogP contribution in [0, 0.1) is 12.7 Å². The minimum Gasteiger partial charge on any atom is -0.262 e. The third kappa shape index (κ3) is 1.84. The number of hydrogen-bond acceptors (Lipinski definition) is 3. The van der Waals surface area contributed by atoms with Gasteiger partial charge in [0.05, 0.1) is 18.3 Å². The third-order valence-electron chi connectivity index (χ3n) is 2.94. The number of rotatable bonds is 2. The summed E-state index contributed by atoms with van der Waals surface area (Å²) in [6.45, 7) is 2.46.